The van der Waals surface area contributed by atoms with Crippen molar-refractivity contribution in [3.63, 3.8) is 0 Å². The molecule has 0 nitrogen and oxygen atoms in total. The van der Waals surface area contributed by atoms with Gasteiger partial charge in [0, 0.05) is 0 Å². The lowest BCUT2D eigenvalue weighted by Gasteiger charge is -2.21. The molecule has 0 heterocycles. The van der Waals surface area contributed by atoms with Gasteiger partial charge in [0.25, 0.3) is 0 Å². The highest BCUT2D eigenvalue weighted by molar-refractivity contribution is 7.65. The molecule has 0 spiro atoms. The first-order valence-corrected chi connectivity index (χ1v) is 11.7. The zero-order chi connectivity index (χ0) is 12.4. The van der Waals surface area contributed by atoms with Gasteiger partial charge in [-0.2, -0.15) is 0 Å². The summed E-state index contributed by atoms with van der Waals surface area (Å²) in [6, 6.07) is -2.47. The van der Waals surface area contributed by atoms with Crippen molar-refractivity contribution in [3.05, 3.63) is 0 Å². The minimum Gasteiger partial charge on any atom is -0.126 e. The van der Waals surface area contributed by atoms with E-state index in [-0.39, 0.29) is 0 Å². The lowest BCUT2D eigenvalue weighted by molar-refractivity contribution is 0.559. The first kappa shape index (κ1) is 17.1. The standard InChI is InChI=1S/C12H25Cl3Si/c1-3-5-6-7-8-9-11-12(10-4-2)16(13,14)15/h12H,3-11H2,1-2H3. The van der Waals surface area contributed by atoms with Gasteiger partial charge in [0.2, 0.25) is 0 Å². The van der Waals surface area contributed by atoms with Crippen LogP contribution in [0.15, 0.2) is 0 Å². The van der Waals surface area contributed by atoms with Crippen LogP contribution in [0, 0.1) is 0 Å². The molecule has 0 amide bonds. The van der Waals surface area contributed by atoms with Crippen LogP contribution in [0.25, 0.3) is 0 Å². The molecule has 0 aromatic carbocycles. The predicted molar refractivity (Wildman–Crippen MR) is 80.0 cm³/mol. The van der Waals surface area contributed by atoms with Crippen LogP contribution in [0.2, 0.25) is 5.54 Å². The monoisotopic (exact) mass is 302 g/mol. The summed E-state index contributed by atoms with van der Waals surface area (Å²) in [4.78, 5) is 0. The molecule has 0 rings (SSSR count). The highest BCUT2D eigenvalue weighted by Gasteiger charge is 2.35. The fourth-order valence-electron chi connectivity index (χ4n) is 1.99. The van der Waals surface area contributed by atoms with Crippen LogP contribution in [0.1, 0.15) is 71.6 Å². The van der Waals surface area contributed by atoms with Gasteiger partial charge in [0.1, 0.15) is 0 Å². The number of rotatable bonds is 10. The van der Waals surface area contributed by atoms with Gasteiger partial charge in [-0.05, 0) is 18.4 Å². The number of hydrogen-bond acceptors (Lipinski definition) is 0. The van der Waals surface area contributed by atoms with E-state index in [1.807, 2.05) is 0 Å². The maximum Gasteiger partial charge on any atom is 0.344 e. The Morgan fingerprint density at radius 2 is 1.31 bits per heavy atom. The van der Waals surface area contributed by atoms with Crippen molar-refractivity contribution in [2.24, 2.45) is 0 Å². The summed E-state index contributed by atoms with van der Waals surface area (Å²) in [6.07, 6.45) is 11.2. The van der Waals surface area contributed by atoms with Crippen LogP contribution in [0.3, 0.4) is 0 Å². The largest absolute Gasteiger partial charge is 0.344 e. The minimum atomic E-state index is -2.47. The van der Waals surface area contributed by atoms with E-state index in [4.69, 9.17) is 33.2 Å². The quantitative estimate of drug-likeness (QED) is 0.243. The summed E-state index contributed by atoms with van der Waals surface area (Å²) in [5.41, 5.74) is 0.369. The SMILES string of the molecule is CCCCCCCCC(CCC)[Si](Cl)(Cl)Cl. The molecule has 0 saturated heterocycles. The molecule has 1 unspecified atom stereocenters. The van der Waals surface area contributed by atoms with Gasteiger partial charge in [0.05, 0.1) is 0 Å². The van der Waals surface area contributed by atoms with Gasteiger partial charge < -0.3 is 0 Å². The second-order valence-corrected chi connectivity index (χ2v) is 13.6. The van der Waals surface area contributed by atoms with Gasteiger partial charge in [-0.3, -0.25) is 0 Å². The van der Waals surface area contributed by atoms with Gasteiger partial charge in [-0.15, -0.1) is 33.2 Å². The Balaban J connectivity index is 3.61. The van der Waals surface area contributed by atoms with Crippen molar-refractivity contribution in [2.75, 3.05) is 0 Å². The Morgan fingerprint density at radius 3 is 1.81 bits per heavy atom. The molecule has 0 aliphatic rings. The maximum absolute atomic E-state index is 6.11. The molecule has 0 aliphatic carbocycles. The molecule has 0 N–H and O–H groups in total. The second-order valence-electron chi connectivity index (χ2n) is 4.58. The molecule has 0 aromatic heterocycles. The van der Waals surface area contributed by atoms with E-state index in [0.717, 1.165) is 19.3 Å². The van der Waals surface area contributed by atoms with Crippen LogP contribution in [-0.4, -0.2) is 6.00 Å². The van der Waals surface area contributed by atoms with Crippen molar-refractivity contribution in [1.82, 2.24) is 0 Å². The smallest absolute Gasteiger partial charge is 0.126 e. The maximum atomic E-state index is 6.11. The zero-order valence-corrected chi connectivity index (χ0v) is 13.8. The second kappa shape index (κ2) is 10.1. The van der Waals surface area contributed by atoms with Gasteiger partial charge in [-0.1, -0.05) is 58.8 Å². The fourth-order valence-corrected chi connectivity index (χ4v) is 5.10. The summed E-state index contributed by atoms with van der Waals surface area (Å²) >= 11 is 18.3. The Kier molecular flexibility index (Phi) is 10.7. The molecule has 0 aliphatic heterocycles. The van der Waals surface area contributed by atoms with Crippen LogP contribution >= 0.6 is 33.2 Å². The predicted octanol–water partition coefficient (Wildman–Crippen LogP) is 6.56. The first-order chi connectivity index (χ1) is 7.52. The molecule has 16 heavy (non-hydrogen) atoms. The molecule has 98 valence electrons. The molecular weight excluding hydrogens is 279 g/mol. The van der Waals surface area contributed by atoms with E-state index in [1.165, 1.54) is 38.5 Å². The highest BCUT2D eigenvalue weighted by atomic mass is 35.8. The van der Waals surface area contributed by atoms with Crippen molar-refractivity contribution >= 4 is 39.2 Å². The van der Waals surface area contributed by atoms with Gasteiger partial charge in [-0.25, -0.2) is 0 Å². The summed E-state index contributed by atoms with van der Waals surface area (Å²) < 4.78 is 0. The van der Waals surface area contributed by atoms with E-state index in [0.29, 0.717) is 5.54 Å². The Hall–Kier alpha value is 1.09. The summed E-state index contributed by atoms with van der Waals surface area (Å²) in [6.45, 7) is 4.41. The van der Waals surface area contributed by atoms with Crippen molar-refractivity contribution < 1.29 is 0 Å². The van der Waals surface area contributed by atoms with Crippen LogP contribution < -0.4 is 0 Å². The fraction of sp³-hybridized carbons (Fsp3) is 1.00. The summed E-state index contributed by atoms with van der Waals surface area (Å²) in [7, 11) is 0. The third-order valence-electron chi connectivity index (χ3n) is 3.01. The summed E-state index contributed by atoms with van der Waals surface area (Å²) in [5, 5.41) is 0. The van der Waals surface area contributed by atoms with Crippen LogP contribution in [0.4, 0.5) is 0 Å². The number of hydrogen-bond donors (Lipinski definition) is 0. The Bertz CT molecular complexity index is 157. The molecule has 0 saturated carbocycles. The molecule has 4 heteroatoms. The number of halogens is 3. The van der Waals surface area contributed by atoms with E-state index < -0.39 is 6.00 Å². The van der Waals surface area contributed by atoms with Crippen molar-refractivity contribution in [3.8, 4) is 0 Å². The van der Waals surface area contributed by atoms with Crippen molar-refractivity contribution in [2.45, 2.75) is 77.2 Å². The topological polar surface area (TPSA) is 0 Å². The summed E-state index contributed by atoms with van der Waals surface area (Å²) in [5.74, 6) is 0. The lowest BCUT2D eigenvalue weighted by Crippen LogP contribution is -2.19. The zero-order valence-electron chi connectivity index (χ0n) is 10.6. The first-order valence-electron chi connectivity index (χ1n) is 6.59. The van der Waals surface area contributed by atoms with E-state index in [9.17, 15) is 0 Å². The third-order valence-corrected chi connectivity index (χ3v) is 7.29. The number of unbranched alkanes of at least 4 members (excludes halogenated alkanes) is 5. The highest BCUT2D eigenvalue weighted by Crippen LogP contribution is 2.40. The lowest BCUT2D eigenvalue weighted by atomic mass is 10.1. The van der Waals surface area contributed by atoms with Gasteiger partial charge in [0.15, 0.2) is 0 Å². The molecule has 0 fully saturated rings. The molecule has 0 radical (unpaired) electrons. The minimum absolute atomic E-state index is 0.369. The Labute approximate surface area is 116 Å². The molecule has 0 bridgehead atoms. The van der Waals surface area contributed by atoms with E-state index in [2.05, 4.69) is 13.8 Å². The average Bonchev–Trinajstić information content (AvgIpc) is 2.20. The Morgan fingerprint density at radius 1 is 0.750 bits per heavy atom. The van der Waals surface area contributed by atoms with Crippen LogP contribution in [-0.2, 0) is 0 Å². The van der Waals surface area contributed by atoms with E-state index in [1.54, 1.807) is 0 Å². The van der Waals surface area contributed by atoms with E-state index >= 15 is 0 Å². The van der Waals surface area contributed by atoms with Gasteiger partial charge >= 0.3 is 6.00 Å². The average molecular weight is 304 g/mol. The normalized spacial score (nSPS) is 14.1. The molecular formula is C12H25Cl3Si. The molecule has 1 atom stereocenters. The third kappa shape index (κ3) is 9.15. The van der Waals surface area contributed by atoms with Crippen molar-refractivity contribution in [1.29, 1.82) is 0 Å². The molecule has 0 aromatic rings. The van der Waals surface area contributed by atoms with Crippen LogP contribution in [0.5, 0.6) is 0 Å².